The fourth-order valence-corrected chi connectivity index (χ4v) is 6.67. The Labute approximate surface area is 210 Å². The van der Waals surface area contributed by atoms with E-state index in [9.17, 15) is 4.79 Å². The number of esters is 1. The van der Waals surface area contributed by atoms with Gasteiger partial charge in [-0.25, -0.2) is 4.79 Å². The van der Waals surface area contributed by atoms with E-state index in [4.69, 9.17) is 23.4 Å². The van der Waals surface area contributed by atoms with Gasteiger partial charge in [-0.15, -0.1) is 0 Å². The van der Waals surface area contributed by atoms with E-state index in [2.05, 4.69) is 18.0 Å². The van der Waals surface area contributed by atoms with E-state index in [0.29, 0.717) is 25.0 Å². The van der Waals surface area contributed by atoms with E-state index in [1.165, 1.54) is 0 Å². The number of hydrogen-bond acceptors (Lipinski definition) is 7. The van der Waals surface area contributed by atoms with Gasteiger partial charge in [-0.1, -0.05) is 42.5 Å². The third-order valence-electron chi connectivity index (χ3n) is 8.20. The molecule has 1 fully saturated rings. The fourth-order valence-electron chi connectivity index (χ4n) is 6.67. The van der Waals surface area contributed by atoms with E-state index >= 15 is 0 Å². The van der Waals surface area contributed by atoms with Crippen molar-refractivity contribution < 1.29 is 28.2 Å². The lowest BCUT2D eigenvalue weighted by Crippen LogP contribution is -2.68. The minimum Gasteiger partial charge on any atom is -0.466 e. The summed E-state index contributed by atoms with van der Waals surface area (Å²) in [6, 6.07) is 15.6. The first-order valence-corrected chi connectivity index (χ1v) is 12.4. The van der Waals surface area contributed by atoms with Gasteiger partial charge in [0.1, 0.15) is 30.4 Å². The Morgan fingerprint density at radius 1 is 1.19 bits per heavy atom. The third kappa shape index (κ3) is 3.23. The van der Waals surface area contributed by atoms with Gasteiger partial charge in [0, 0.05) is 32.1 Å². The number of nitrogens with zero attached hydrogens (tertiary/aromatic N) is 1. The van der Waals surface area contributed by atoms with Crippen molar-refractivity contribution >= 4 is 16.7 Å². The largest absolute Gasteiger partial charge is 0.466 e. The maximum atomic E-state index is 13.4. The van der Waals surface area contributed by atoms with Gasteiger partial charge in [-0.05, 0) is 42.4 Å². The van der Waals surface area contributed by atoms with Gasteiger partial charge in [0.25, 0.3) is 0 Å². The molecule has 4 atom stereocenters. The van der Waals surface area contributed by atoms with Crippen LogP contribution in [0.3, 0.4) is 0 Å². The van der Waals surface area contributed by atoms with Gasteiger partial charge in [0.15, 0.2) is 0 Å². The van der Waals surface area contributed by atoms with Gasteiger partial charge >= 0.3 is 5.97 Å². The molecule has 188 valence electrons. The van der Waals surface area contributed by atoms with Crippen molar-refractivity contribution in [2.45, 2.75) is 43.1 Å². The summed E-state index contributed by atoms with van der Waals surface area (Å²) in [5, 5.41) is 1.90. The second-order valence-electron chi connectivity index (χ2n) is 9.86. The Hall–Kier alpha value is -2.97. The number of furan rings is 1. The Kier molecular flexibility index (Phi) is 5.76. The van der Waals surface area contributed by atoms with Crippen molar-refractivity contribution in [2.24, 2.45) is 0 Å². The molecule has 1 saturated heterocycles. The lowest BCUT2D eigenvalue weighted by molar-refractivity contribution is -0.209. The summed E-state index contributed by atoms with van der Waals surface area (Å²) in [4.78, 5) is 15.8. The van der Waals surface area contributed by atoms with E-state index in [-0.39, 0.29) is 18.9 Å². The van der Waals surface area contributed by atoms with Crippen LogP contribution in [0.5, 0.6) is 0 Å². The summed E-state index contributed by atoms with van der Waals surface area (Å²) < 4.78 is 30.1. The first kappa shape index (κ1) is 23.4. The van der Waals surface area contributed by atoms with E-state index in [0.717, 1.165) is 34.2 Å². The van der Waals surface area contributed by atoms with Crippen molar-refractivity contribution in [1.82, 2.24) is 4.90 Å². The van der Waals surface area contributed by atoms with Crippen LogP contribution in [0.15, 0.2) is 70.9 Å². The van der Waals surface area contributed by atoms with Gasteiger partial charge in [0.05, 0.1) is 24.0 Å². The lowest BCUT2D eigenvalue weighted by atomic mass is 9.64. The van der Waals surface area contributed by atoms with Crippen LogP contribution in [0.4, 0.5) is 0 Å². The molecule has 6 rings (SSSR count). The Balaban J connectivity index is 1.37. The normalized spacial score (nSPS) is 28.2. The van der Waals surface area contributed by atoms with Crippen molar-refractivity contribution in [3.63, 3.8) is 0 Å². The number of likely N-dealkylation sites (N-methyl/N-ethyl adjacent to an activating group) is 1. The predicted octanol–water partition coefficient (Wildman–Crippen LogP) is 4.97. The molecule has 3 aliphatic rings. The minimum atomic E-state index is -0.620. The first-order valence-electron chi connectivity index (χ1n) is 12.4. The van der Waals surface area contributed by atoms with E-state index < -0.39 is 17.2 Å². The molecule has 2 aromatic carbocycles. The van der Waals surface area contributed by atoms with E-state index in [1.807, 2.05) is 55.5 Å². The molecule has 7 heteroatoms. The number of morpholine rings is 1. The van der Waals surface area contributed by atoms with Gasteiger partial charge in [0.2, 0.25) is 0 Å². The first-order chi connectivity index (χ1) is 17.5. The summed E-state index contributed by atoms with van der Waals surface area (Å²) >= 11 is 0. The average molecular weight is 490 g/mol. The summed E-state index contributed by atoms with van der Waals surface area (Å²) in [6.45, 7) is 3.48. The maximum Gasteiger partial charge on any atom is 0.339 e. The molecule has 36 heavy (non-hydrogen) atoms. The molecule has 0 spiro atoms. The molecular formula is C29H31NO6. The molecule has 0 radical (unpaired) electrons. The molecular weight excluding hydrogens is 458 g/mol. The van der Waals surface area contributed by atoms with Crippen molar-refractivity contribution in [1.29, 1.82) is 0 Å². The van der Waals surface area contributed by atoms with Crippen LogP contribution in [-0.4, -0.2) is 56.6 Å². The molecule has 0 N–H and O–H groups in total. The monoisotopic (exact) mass is 489 g/mol. The number of benzene rings is 2. The lowest BCUT2D eigenvalue weighted by Gasteiger charge is -2.59. The quantitative estimate of drug-likeness (QED) is 0.275. The molecule has 0 saturated carbocycles. The van der Waals surface area contributed by atoms with Gasteiger partial charge < -0.3 is 23.4 Å². The molecule has 0 amide bonds. The second kappa shape index (κ2) is 8.85. The fraction of sp³-hybridized carbons (Fsp3) is 0.414. The highest BCUT2D eigenvalue weighted by molar-refractivity contribution is 6.04. The molecule has 7 nitrogen and oxygen atoms in total. The van der Waals surface area contributed by atoms with Crippen LogP contribution in [0.2, 0.25) is 0 Å². The summed E-state index contributed by atoms with van der Waals surface area (Å²) in [5.74, 6) is 0.452. The van der Waals surface area contributed by atoms with Crippen LogP contribution in [-0.2, 0) is 24.5 Å². The van der Waals surface area contributed by atoms with Gasteiger partial charge in [-0.3, -0.25) is 4.90 Å². The number of rotatable bonds is 6. The highest BCUT2D eigenvalue weighted by atomic mass is 16.7. The zero-order valence-corrected chi connectivity index (χ0v) is 20.9. The molecule has 2 heterocycles. The molecule has 1 aromatic heterocycles. The number of carbonyl (C=O) groups excluding carboxylic acids is 1. The van der Waals surface area contributed by atoms with Crippen LogP contribution < -0.4 is 0 Å². The minimum absolute atomic E-state index is 0.156. The number of carbonyl (C=O) groups is 1. The van der Waals surface area contributed by atoms with Crippen LogP contribution in [0.25, 0.3) is 10.8 Å². The molecule has 1 aliphatic heterocycles. The highest BCUT2D eigenvalue weighted by Gasteiger charge is 2.68. The molecule has 3 aromatic rings. The van der Waals surface area contributed by atoms with Crippen LogP contribution in [0.1, 0.15) is 47.6 Å². The smallest absolute Gasteiger partial charge is 0.339 e. The number of methoxy groups -OCH3 is 1. The zero-order valence-electron chi connectivity index (χ0n) is 20.9. The Morgan fingerprint density at radius 3 is 2.89 bits per heavy atom. The number of hydrogen-bond donors (Lipinski definition) is 0. The Bertz CT molecular complexity index is 1320. The van der Waals surface area contributed by atoms with Crippen molar-refractivity contribution in [2.75, 3.05) is 34.1 Å². The van der Waals surface area contributed by atoms with Crippen molar-refractivity contribution in [3.8, 4) is 0 Å². The topological polar surface area (TPSA) is 70.4 Å². The van der Waals surface area contributed by atoms with Crippen LogP contribution >= 0.6 is 0 Å². The molecule has 2 aliphatic carbocycles. The van der Waals surface area contributed by atoms with Gasteiger partial charge in [-0.2, -0.15) is 0 Å². The Morgan fingerprint density at radius 2 is 2.03 bits per heavy atom. The van der Waals surface area contributed by atoms with E-state index in [1.54, 1.807) is 13.4 Å². The number of fused-ring (bicyclic) bond motifs is 2. The van der Waals surface area contributed by atoms with Crippen LogP contribution in [0, 0.1) is 0 Å². The molecule has 0 bridgehead atoms. The molecule has 1 unspecified atom stereocenters. The third-order valence-corrected chi connectivity index (χ3v) is 8.20. The standard InChI is InChI=1S/C29H31NO6/c1-19(36-27(31)22-10-6-8-20-7-4-5-9-21(20)22)23-11-13-29-24-12-15-33-26(24)25(34-18-32-3)17-28(23,29)30(2)14-16-35-29/h4-12,15,19,25H,13-14,16-18H2,1-3H3/t19?,25-,28+,29+/m0/s1. The summed E-state index contributed by atoms with van der Waals surface area (Å²) in [5.41, 5.74) is 1.44. The second-order valence-corrected chi connectivity index (χ2v) is 9.86. The highest BCUT2D eigenvalue weighted by Crippen LogP contribution is 2.62. The SMILES string of the molecule is COCO[C@H]1C[C@@]23C(C(C)OC(=O)c4cccc5ccccc45)=CC[C@@]2(OCCN3C)c2ccoc21. The summed E-state index contributed by atoms with van der Waals surface area (Å²) in [6.07, 6.45) is 4.41. The summed E-state index contributed by atoms with van der Waals surface area (Å²) in [7, 11) is 3.73. The predicted molar refractivity (Wildman–Crippen MR) is 134 cm³/mol. The number of ether oxygens (including phenoxy) is 4. The zero-order chi connectivity index (χ0) is 24.9. The maximum absolute atomic E-state index is 13.4. The van der Waals surface area contributed by atoms with Crippen molar-refractivity contribution in [3.05, 3.63) is 83.3 Å². The average Bonchev–Trinajstić information content (AvgIpc) is 3.52.